The van der Waals surface area contributed by atoms with E-state index < -0.39 is 5.97 Å². The van der Waals surface area contributed by atoms with Crippen LogP contribution in [0.3, 0.4) is 0 Å². The van der Waals surface area contributed by atoms with Gasteiger partial charge in [-0.2, -0.15) is 0 Å². The smallest absolute Gasteiger partial charge is 0.338 e. The van der Waals surface area contributed by atoms with Crippen molar-refractivity contribution in [1.82, 2.24) is 0 Å². The fourth-order valence-electron chi connectivity index (χ4n) is 2.76. The van der Waals surface area contributed by atoms with Crippen molar-refractivity contribution in [3.63, 3.8) is 0 Å². The van der Waals surface area contributed by atoms with Gasteiger partial charge in [0.1, 0.15) is 5.75 Å². The van der Waals surface area contributed by atoms with Gasteiger partial charge in [0.2, 0.25) is 0 Å². The summed E-state index contributed by atoms with van der Waals surface area (Å²) in [6.07, 6.45) is 0. The number of esters is 1. The van der Waals surface area contributed by atoms with Gasteiger partial charge in [-0.25, -0.2) is 4.79 Å². The number of phenolic OH excluding ortho intramolecular Hbond substituents is 1. The van der Waals surface area contributed by atoms with E-state index in [0.29, 0.717) is 5.56 Å². The Bertz CT molecular complexity index is 840. The maximum Gasteiger partial charge on any atom is 0.338 e. The molecular weight excluding hydrogens is 300 g/mol. The number of carbonyl (C=O) groups is 1. The molecule has 3 rings (SSSR count). The number of aromatic hydroxyl groups is 1. The Hall–Kier alpha value is -3.07. The molecule has 0 aliphatic rings. The van der Waals surface area contributed by atoms with Crippen molar-refractivity contribution in [1.29, 1.82) is 0 Å². The summed E-state index contributed by atoms with van der Waals surface area (Å²) in [6.45, 7) is 2.05. The first-order valence-corrected chi connectivity index (χ1v) is 7.85. The van der Waals surface area contributed by atoms with Gasteiger partial charge in [0.05, 0.1) is 12.2 Å². The molecule has 0 atom stereocenters. The third kappa shape index (κ3) is 3.15. The van der Waals surface area contributed by atoms with Gasteiger partial charge in [-0.3, -0.25) is 0 Å². The van der Waals surface area contributed by atoms with Crippen LogP contribution in [0.4, 0.5) is 0 Å². The third-order valence-electron chi connectivity index (χ3n) is 3.77. The minimum atomic E-state index is -0.440. The summed E-state index contributed by atoms with van der Waals surface area (Å²) in [4.78, 5) is 12.4. The SMILES string of the molecule is CCOC(=O)c1cc(O)cc(-c2ccccc2)c1-c1ccccc1. The summed E-state index contributed by atoms with van der Waals surface area (Å²) in [5, 5.41) is 10.1. The molecule has 24 heavy (non-hydrogen) atoms. The van der Waals surface area contributed by atoms with Crippen LogP contribution in [0.5, 0.6) is 5.75 Å². The molecule has 0 fully saturated rings. The lowest BCUT2D eigenvalue weighted by Crippen LogP contribution is -2.07. The molecular formula is C21H18O3. The lowest BCUT2D eigenvalue weighted by atomic mass is 9.90. The van der Waals surface area contributed by atoms with E-state index in [0.717, 1.165) is 22.3 Å². The summed E-state index contributed by atoms with van der Waals surface area (Å²) >= 11 is 0. The minimum absolute atomic E-state index is 0.0385. The largest absolute Gasteiger partial charge is 0.508 e. The molecule has 3 heteroatoms. The molecule has 3 aromatic carbocycles. The molecule has 0 spiro atoms. The van der Waals surface area contributed by atoms with Gasteiger partial charge in [-0.15, -0.1) is 0 Å². The predicted molar refractivity (Wildman–Crippen MR) is 94.9 cm³/mol. The van der Waals surface area contributed by atoms with Crippen LogP contribution >= 0.6 is 0 Å². The standard InChI is InChI=1S/C21H18O3/c1-2-24-21(23)19-14-17(22)13-18(15-9-5-3-6-10-15)20(19)16-11-7-4-8-12-16/h3-14,22H,2H2,1H3. The summed E-state index contributed by atoms with van der Waals surface area (Å²) in [5.41, 5.74) is 3.75. The molecule has 0 aliphatic carbocycles. The second-order valence-electron chi connectivity index (χ2n) is 5.37. The Kier molecular flexibility index (Phi) is 4.62. The molecule has 0 heterocycles. The third-order valence-corrected chi connectivity index (χ3v) is 3.77. The van der Waals surface area contributed by atoms with Crippen LogP contribution < -0.4 is 0 Å². The second-order valence-corrected chi connectivity index (χ2v) is 5.37. The first-order chi connectivity index (χ1) is 11.7. The molecule has 0 amide bonds. The average Bonchev–Trinajstić information content (AvgIpc) is 2.62. The van der Waals surface area contributed by atoms with E-state index in [1.54, 1.807) is 13.0 Å². The van der Waals surface area contributed by atoms with Crippen molar-refractivity contribution in [2.45, 2.75) is 6.92 Å². The van der Waals surface area contributed by atoms with E-state index in [9.17, 15) is 9.90 Å². The van der Waals surface area contributed by atoms with Gasteiger partial charge >= 0.3 is 5.97 Å². The molecule has 0 saturated heterocycles. The van der Waals surface area contributed by atoms with Crippen LogP contribution in [0.25, 0.3) is 22.3 Å². The quantitative estimate of drug-likeness (QED) is 0.696. The summed E-state index contributed by atoms with van der Waals surface area (Å²) in [6, 6.07) is 22.5. The van der Waals surface area contributed by atoms with E-state index >= 15 is 0 Å². The molecule has 120 valence electrons. The highest BCUT2D eigenvalue weighted by Crippen LogP contribution is 2.38. The fraction of sp³-hybridized carbons (Fsp3) is 0.0952. The first kappa shape index (κ1) is 15.8. The number of benzene rings is 3. The Balaban J connectivity index is 2.30. The van der Waals surface area contributed by atoms with Crippen molar-refractivity contribution < 1.29 is 14.6 Å². The Morgan fingerprint density at radius 3 is 2.08 bits per heavy atom. The molecule has 0 bridgehead atoms. The molecule has 0 aliphatic heterocycles. The van der Waals surface area contributed by atoms with E-state index in [4.69, 9.17) is 4.74 Å². The van der Waals surface area contributed by atoms with Crippen molar-refractivity contribution in [3.8, 4) is 28.0 Å². The van der Waals surface area contributed by atoms with Gasteiger partial charge in [0, 0.05) is 5.56 Å². The second kappa shape index (κ2) is 7.01. The van der Waals surface area contributed by atoms with Gasteiger partial charge in [-0.05, 0) is 35.7 Å². The molecule has 0 aromatic heterocycles. The Labute approximate surface area is 141 Å². The van der Waals surface area contributed by atoms with Crippen molar-refractivity contribution in [3.05, 3.63) is 78.4 Å². The summed E-state index contributed by atoms with van der Waals surface area (Å²) in [5.74, 6) is -0.402. The number of hydrogen-bond acceptors (Lipinski definition) is 3. The van der Waals surface area contributed by atoms with Gasteiger partial charge in [-0.1, -0.05) is 60.7 Å². The van der Waals surface area contributed by atoms with Crippen molar-refractivity contribution >= 4 is 5.97 Å². The lowest BCUT2D eigenvalue weighted by Gasteiger charge is -2.16. The molecule has 0 radical (unpaired) electrons. The van der Waals surface area contributed by atoms with E-state index in [1.165, 1.54) is 6.07 Å². The average molecular weight is 318 g/mol. The molecule has 3 aromatic rings. The number of carbonyl (C=O) groups excluding carboxylic acids is 1. The number of hydrogen-bond donors (Lipinski definition) is 1. The van der Waals surface area contributed by atoms with Gasteiger partial charge in [0.15, 0.2) is 0 Å². The van der Waals surface area contributed by atoms with Crippen LogP contribution in [-0.2, 0) is 4.74 Å². The van der Waals surface area contributed by atoms with E-state index in [2.05, 4.69) is 0 Å². The monoisotopic (exact) mass is 318 g/mol. The first-order valence-electron chi connectivity index (χ1n) is 7.85. The van der Waals surface area contributed by atoms with E-state index in [1.807, 2.05) is 60.7 Å². The lowest BCUT2D eigenvalue weighted by molar-refractivity contribution is 0.0527. The van der Waals surface area contributed by atoms with Crippen LogP contribution in [-0.4, -0.2) is 17.7 Å². The predicted octanol–water partition coefficient (Wildman–Crippen LogP) is 4.90. The van der Waals surface area contributed by atoms with E-state index in [-0.39, 0.29) is 12.4 Å². The van der Waals surface area contributed by atoms with Gasteiger partial charge in [0.25, 0.3) is 0 Å². The Morgan fingerprint density at radius 1 is 0.917 bits per heavy atom. The van der Waals surface area contributed by atoms with Crippen LogP contribution in [0.2, 0.25) is 0 Å². The molecule has 1 N–H and O–H groups in total. The van der Waals surface area contributed by atoms with Crippen LogP contribution in [0, 0.1) is 0 Å². The van der Waals surface area contributed by atoms with Crippen molar-refractivity contribution in [2.24, 2.45) is 0 Å². The normalized spacial score (nSPS) is 10.4. The van der Waals surface area contributed by atoms with Crippen LogP contribution in [0.1, 0.15) is 17.3 Å². The van der Waals surface area contributed by atoms with Crippen LogP contribution in [0.15, 0.2) is 72.8 Å². The molecule has 3 nitrogen and oxygen atoms in total. The van der Waals surface area contributed by atoms with Crippen molar-refractivity contribution in [2.75, 3.05) is 6.61 Å². The summed E-state index contributed by atoms with van der Waals surface area (Å²) in [7, 11) is 0. The molecule has 0 saturated carbocycles. The Morgan fingerprint density at radius 2 is 1.50 bits per heavy atom. The minimum Gasteiger partial charge on any atom is -0.508 e. The highest BCUT2D eigenvalue weighted by molar-refractivity contribution is 6.02. The maximum atomic E-state index is 12.4. The van der Waals surface area contributed by atoms with Gasteiger partial charge < -0.3 is 9.84 Å². The fourth-order valence-corrected chi connectivity index (χ4v) is 2.76. The highest BCUT2D eigenvalue weighted by atomic mass is 16.5. The molecule has 0 unspecified atom stereocenters. The zero-order valence-corrected chi connectivity index (χ0v) is 13.4. The number of rotatable bonds is 4. The zero-order valence-electron chi connectivity index (χ0n) is 13.4. The zero-order chi connectivity index (χ0) is 16.9. The highest BCUT2D eigenvalue weighted by Gasteiger charge is 2.20. The number of ether oxygens (including phenoxy) is 1. The number of phenols is 1. The summed E-state index contributed by atoms with van der Waals surface area (Å²) < 4.78 is 5.19. The topological polar surface area (TPSA) is 46.5 Å². The maximum absolute atomic E-state index is 12.4.